The van der Waals surface area contributed by atoms with E-state index in [0.717, 1.165) is 36.1 Å². The first-order valence-corrected chi connectivity index (χ1v) is 10.7. The maximum Gasteiger partial charge on any atom is 0.306 e. The smallest absolute Gasteiger partial charge is 0.306 e. The number of unbranched alkanes of at least 4 members (excludes halogenated alkanes) is 2. The van der Waals surface area contributed by atoms with Gasteiger partial charge in [-0.3, -0.25) is 14.4 Å². The number of carbonyl (C=O) groups is 3. The fourth-order valence-electron chi connectivity index (χ4n) is 2.87. The van der Waals surface area contributed by atoms with Crippen LogP contribution in [0.25, 0.3) is 0 Å². The standard InChI is InChI=1S/C25H31NO5/c1-4-5-6-15-30-22-11-8-20(9-12-22)23(27)13-14-25(29)31-17-24(28)26-21-10-7-18(2)19(3)16-21/h7-12,16H,4-6,13-15,17H2,1-3H3,(H,26,28). The summed E-state index contributed by atoms with van der Waals surface area (Å²) in [5, 5.41) is 2.69. The molecule has 0 aliphatic carbocycles. The number of esters is 1. The Hall–Kier alpha value is -3.15. The monoisotopic (exact) mass is 425 g/mol. The van der Waals surface area contributed by atoms with Crippen molar-refractivity contribution in [2.45, 2.75) is 52.9 Å². The summed E-state index contributed by atoms with van der Waals surface area (Å²) in [6.45, 7) is 6.35. The molecule has 0 aliphatic heterocycles. The lowest BCUT2D eigenvalue weighted by molar-refractivity contribution is -0.147. The summed E-state index contributed by atoms with van der Waals surface area (Å²) in [7, 11) is 0. The number of Topliss-reactive ketones (excluding diaryl/α,β-unsaturated/α-hetero) is 1. The van der Waals surface area contributed by atoms with Crippen molar-refractivity contribution in [3.05, 3.63) is 59.2 Å². The Balaban J connectivity index is 1.69. The number of anilines is 1. The van der Waals surface area contributed by atoms with E-state index in [1.165, 1.54) is 0 Å². The Bertz CT molecular complexity index is 889. The molecule has 0 atom stereocenters. The molecule has 2 aromatic rings. The topological polar surface area (TPSA) is 81.7 Å². The molecular formula is C25H31NO5. The van der Waals surface area contributed by atoms with Gasteiger partial charge in [0.15, 0.2) is 12.4 Å². The lowest BCUT2D eigenvalue weighted by Gasteiger charge is -2.09. The van der Waals surface area contributed by atoms with Crippen molar-refractivity contribution in [3.63, 3.8) is 0 Å². The first kappa shape index (κ1) is 24.1. The molecule has 166 valence electrons. The van der Waals surface area contributed by atoms with Crippen LogP contribution in [0.1, 0.15) is 60.5 Å². The summed E-state index contributed by atoms with van der Waals surface area (Å²) in [6.07, 6.45) is 3.21. The molecular weight excluding hydrogens is 394 g/mol. The van der Waals surface area contributed by atoms with Crippen molar-refractivity contribution < 1.29 is 23.9 Å². The fraction of sp³-hybridized carbons (Fsp3) is 0.400. The lowest BCUT2D eigenvalue weighted by atomic mass is 10.1. The van der Waals surface area contributed by atoms with Crippen LogP contribution in [0.2, 0.25) is 0 Å². The Morgan fingerprint density at radius 3 is 2.32 bits per heavy atom. The van der Waals surface area contributed by atoms with E-state index in [2.05, 4.69) is 12.2 Å². The molecule has 0 unspecified atom stereocenters. The Morgan fingerprint density at radius 1 is 0.903 bits per heavy atom. The first-order valence-electron chi connectivity index (χ1n) is 10.7. The first-order chi connectivity index (χ1) is 14.9. The number of aryl methyl sites for hydroxylation is 2. The van der Waals surface area contributed by atoms with Crippen molar-refractivity contribution in [1.82, 2.24) is 0 Å². The van der Waals surface area contributed by atoms with E-state index < -0.39 is 11.9 Å². The quantitative estimate of drug-likeness (QED) is 0.293. The number of rotatable bonds is 12. The molecule has 1 amide bonds. The molecule has 0 fully saturated rings. The predicted octanol–water partition coefficient (Wildman–Crippen LogP) is 5.02. The van der Waals surface area contributed by atoms with Gasteiger partial charge in [-0.25, -0.2) is 0 Å². The van der Waals surface area contributed by atoms with E-state index in [0.29, 0.717) is 17.9 Å². The summed E-state index contributed by atoms with van der Waals surface area (Å²) in [5.41, 5.74) is 3.35. The minimum atomic E-state index is -0.584. The summed E-state index contributed by atoms with van der Waals surface area (Å²) in [5.74, 6) is -0.437. The van der Waals surface area contributed by atoms with Gasteiger partial charge in [-0.05, 0) is 67.8 Å². The van der Waals surface area contributed by atoms with Crippen LogP contribution in [0, 0.1) is 13.8 Å². The number of nitrogens with one attached hydrogen (secondary N) is 1. The van der Waals surface area contributed by atoms with Gasteiger partial charge in [0, 0.05) is 17.7 Å². The van der Waals surface area contributed by atoms with Crippen LogP contribution in [-0.2, 0) is 14.3 Å². The second-order valence-electron chi connectivity index (χ2n) is 7.51. The molecule has 0 aromatic heterocycles. The van der Waals surface area contributed by atoms with Crippen LogP contribution in [0.5, 0.6) is 5.75 Å². The van der Waals surface area contributed by atoms with Gasteiger partial charge >= 0.3 is 5.97 Å². The molecule has 6 heteroatoms. The summed E-state index contributed by atoms with van der Waals surface area (Å²) >= 11 is 0. The molecule has 0 bridgehead atoms. The maximum absolute atomic E-state index is 12.3. The average molecular weight is 426 g/mol. The van der Waals surface area contributed by atoms with Gasteiger partial charge < -0.3 is 14.8 Å². The highest BCUT2D eigenvalue weighted by molar-refractivity contribution is 5.98. The molecule has 0 saturated carbocycles. The Morgan fingerprint density at radius 2 is 1.65 bits per heavy atom. The SMILES string of the molecule is CCCCCOc1ccc(C(=O)CCC(=O)OCC(=O)Nc2ccc(C)c(C)c2)cc1. The van der Waals surface area contributed by atoms with Crippen LogP contribution in [0.15, 0.2) is 42.5 Å². The number of hydrogen-bond acceptors (Lipinski definition) is 5. The van der Waals surface area contributed by atoms with Gasteiger partial charge in [0.25, 0.3) is 5.91 Å². The van der Waals surface area contributed by atoms with Crippen molar-refractivity contribution in [1.29, 1.82) is 0 Å². The Labute approximate surface area is 183 Å². The number of hydrogen-bond donors (Lipinski definition) is 1. The van der Waals surface area contributed by atoms with Crippen LogP contribution >= 0.6 is 0 Å². The van der Waals surface area contributed by atoms with Gasteiger partial charge in [0.2, 0.25) is 0 Å². The van der Waals surface area contributed by atoms with Crippen molar-refractivity contribution in [3.8, 4) is 5.75 Å². The van der Waals surface area contributed by atoms with Crippen molar-refractivity contribution in [2.75, 3.05) is 18.5 Å². The van der Waals surface area contributed by atoms with E-state index in [1.54, 1.807) is 30.3 Å². The molecule has 6 nitrogen and oxygen atoms in total. The summed E-state index contributed by atoms with van der Waals surface area (Å²) < 4.78 is 10.6. The summed E-state index contributed by atoms with van der Waals surface area (Å²) in [6, 6.07) is 12.5. The van der Waals surface area contributed by atoms with E-state index in [9.17, 15) is 14.4 Å². The van der Waals surface area contributed by atoms with Crippen LogP contribution in [0.4, 0.5) is 5.69 Å². The molecule has 0 saturated heterocycles. The normalized spacial score (nSPS) is 10.4. The van der Waals surface area contributed by atoms with E-state index in [1.807, 2.05) is 26.0 Å². The van der Waals surface area contributed by atoms with E-state index in [4.69, 9.17) is 9.47 Å². The third-order valence-corrected chi connectivity index (χ3v) is 4.90. The summed E-state index contributed by atoms with van der Waals surface area (Å²) in [4.78, 5) is 36.1. The van der Waals surface area contributed by atoms with Gasteiger partial charge in [0.1, 0.15) is 5.75 Å². The van der Waals surface area contributed by atoms with E-state index >= 15 is 0 Å². The van der Waals surface area contributed by atoms with E-state index in [-0.39, 0.29) is 25.2 Å². The minimum Gasteiger partial charge on any atom is -0.494 e. The lowest BCUT2D eigenvalue weighted by Crippen LogP contribution is -2.21. The number of benzene rings is 2. The molecule has 0 spiro atoms. The van der Waals surface area contributed by atoms with Gasteiger partial charge in [-0.15, -0.1) is 0 Å². The molecule has 0 heterocycles. The highest BCUT2D eigenvalue weighted by Gasteiger charge is 2.12. The van der Waals surface area contributed by atoms with Crippen LogP contribution in [0.3, 0.4) is 0 Å². The zero-order chi connectivity index (χ0) is 22.6. The van der Waals surface area contributed by atoms with Crippen molar-refractivity contribution >= 4 is 23.3 Å². The average Bonchev–Trinajstić information content (AvgIpc) is 2.76. The maximum atomic E-state index is 12.3. The molecule has 2 rings (SSSR count). The zero-order valence-corrected chi connectivity index (χ0v) is 18.5. The third kappa shape index (κ3) is 8.62. The second kappa shape index (κ2) is 12.5. The molecule has 0 aliphatic rings. The predicted molar refractivity (Wildman–Crippen MR) is 121 cm³/mol. The Kier molecular flexibility index (Phi) is 9.75. The van der Waals surface area contributed by atoms with Crippen LogP contribution < -0.4 is 10.1 Å². The zero-order valence-electron chi connectivity index (χ0n) is 18.5. The molecule has 2 aromatic carbocycles. The third-order valence-electron chi connectivity index (χ3n) is 4.90. The van der Waals surface area contributed by atoms with Gasteiger partial charge in [-0.2, -0.15) is 0 Å². The molecule has 0 radical (unpaired) electrons. The molecule has 31 heavy (non-hydrogen) atoms. The minimum absolute atomic E-state index is 0.0221. The van der Waals surface area contributed by atoms with Gasteiger partial charge in [-0.1, -0.05) is 25.8 Å². The fourth-order valence-corrected chi connectivity index (χ4v) is 2.87. The highest BCUT2D eigenvalue weighted by Crippen LogP contribution is 2.16. The second-order valence-corrected chi connectivity index (χ2v) is 7.51. The number of ketones is 1. The number of amides is 1. The van der Waals surface area contributed by atoms with Gasteiger partial charge in [0.05, 0.1) is 13.0 Å². The largest absolute Gasteiger partial charge is 0.494 e. The molecule has 1 N–H and O–H groups in total. The van der Waals surface area contributed by atoms with Crippen LogP contribution in [-0.4, -0.2) is 30.9 Å². The number of carbonyl (C=O) groups excluding carboxylic acids is 3. The number of ether oxygens (including phenoxy) is 2. The highest BCUT2D eigenvalue weighted by atomic mass is 16.5. The van der Waals surface area contributed by atoms with Crippen molar-refractivity contribution in [2.24, 2.45) is 0 Å².